The molecule has 0 radical (unpaired) electrons. The number of amides is 1. The molecule has 1 atom stereocenters. The van der Waals surface area contributed by atoms with Crippen LogP contribution in [0.25, 0.3) is 0 Å². The number of benzene rings is 1. The number of hydrogen-bond acceptors (Lipinski definition) is 10. The summed E-state index contributed by atoms with van der Waals surface area (Å²) in [5.41, 5.74) is 0.516. The van der Waals surface area contributed by atoms with Gasteiger partial charge in [-0.25, -0.2) is 14.4 Å². The van der Waals surface area contributed by atoms with Crippen LogP contribution in [0.3, 0.4) is 0 Å². The number of nitrogens with one attached hydrogen (secondary N) is 1. The Bertz CT molecular complexity index is 1020. The van der Waals surface area contributed by atoms with Crippen molar-refractivity contribution in [3.05, 3.63) is 63.0 Å². The number of non-ortho nitro benzene ring substituents is 1. The first kappa shape index (κ1) is 27.3. The first-order valence-corrected chi connectivity index (χ1v) is 10.9. The van der Waals surface area contributed by atoms with E-state index >= 15 is 0 Å². The molecule has 1 aromatic rings. The summed E-state index contributed by atoms with van der Waals surface area (Å²) in [5.74, 6) is -2.51. The van der Waals surface area contributed by atoms with Gasteiger partial charge in [-0.05, 0) is 26.3 Å². The van der Waals surface area contributed by atoms with E-state index in [2.05, 4.69) is 5.32 Å². The zero-order valence-electron chi connectivity index (χ0n) is 20.1. The largest absolute Gasteiger partial charge is 0.463 e. The number of hydrogen-bond donors (Lipinski definition) is 1. The van der Waals surface area contributed by atoms with E-state index in [1.807, 2.05) is 0 Å². The molecule has 1 aliphatic rings. The second-order valence-electron chi connectivity index (χ2n) is 7.20. The van der Waals surface area contributed by atoms with Crippen LogP contribution in [0.4, 0.5) is 10.5 Å². The molecule has 2 rings (SSSR count). The van der Waals surface area contributed by atoms with Crippen LogP contribution in [0.1, 0.15) is 32.3 Å². The van der Waals surface area contributed by atoms with E-state index in [4.69, 9.17) is 18.9 Å². The van der Waals surface area contributed by atoms with Gasteiger partial charge in [-0.3, -0.25) is 10.1 Å². The molecule has 0 saturated heterocycles. The first-order chi connectivity index (χ1) is 16.7. The molecule has 12 nitrogen and oxygen atoms in total. The Labute approximate surface area is 202 Å². The number of allylic oxidation sites excluding steroid dienone is 1. The Kier molecular flexibility index (Phi) is 10.2. The Balaban J connectivity index is 2.61. The molecule has 1 aliphatic heterocycles. The van der Waals surface area contributed by atoms with E-state index in [9.17, 15) is 24.5 Å². The van der Waals surface area contributed by atoms with Crippen molar-refractivity contribution in [3.63, 3.8) is 0 Å². The standard InChI is InChI=1S/C23H29N3O9/c1-5-32-10-11-34-22(28)19-15(3)25(14-35-23(29)24-4)13-18(21(27)33-6-2)20(19)16-8-7-9-17(12-16)26(30)31/h7-9,12-13,20H,5-6,10-11,14H2,1-4H3,(H,24,29). The average Bonchev–Trinajstić information content (AvgIpc) is 2.85. The van der Waals surface area contributed by atoms with Gasteiger partial charge in [0.15, 0.2) is 6.73 Å². The highest BCUT2D eigenvalue weighted by Crippen LogP contribution is 2.40. The lowest BCUT2D eigenvalue weighted by Crippen LogP contribution is -2.35. The molecule has 0 saturated carbocycles. The number of alkyl carbamates (subject to hydrolysis) is 1. The molecule has 0 bridgehead atoms. The zero-order chi connectivity index (χ0) is 26.0. The number of nitro benzene ring substituents is 1. The normalized spacial score (nSPS) is 15.3. The van der Waals surface area contributed by atoms with Gasteiger partial charge in [0.25, 0.3) is 5.69 Å². The highest BCUT2D eigenvalue weighted by atomic mass is 16.6. The van der Waals surface area contributed by atoms with E-state index in [0.29, 0.717) is 17.9 Å². The minimum atomic E-state index is -1.02. The van der Waals surface area contributed by atoms with Gasteiger partial charge in [-0.2, -0.15) is 0 Å². The van der Waals surface area contributed by atoms with Gasteiger partial charge in [-0.1, -0.05) is 12.1 Å². The predicted molar refractivity (Wildman–Crippen MR) is 123 cm³/mol. The summed E-state index contributed by atoms with van der Waals surface area (Å²) in [4.78, 5) is 50.0. The molecule has 35 heavy (non-hydrogen) atoms. The van der Waals surface area contributed by atoms with E-state index in [-0.39, 0.29) is 43.4 Å². The van der Waals surface area contributed by atoms with Gasteiger partial charge in [0, 0.05) is 37.7 Å². The van der Waals surface area contributed by atoms with Gasteiger partial charge in [-0.15, -0.1) is 0 Å². The number of carbonyl (C=O) groups is 3. The lowest BCUT2D eigenvalue weighted by molar-refractivity contribution is -0.384. The lowest BCUT2D eigenvalue weighted by Gasteiger charge is -2.33. The summed E-state index contributed by atoms with van der Waals surface area (Å²) in [5, 5.41) is 13.7. The minimum Gasteiger partial charge on any atom is -0.463 e. The van der Waals surface area contributed by atoms with Crippen molar-refractivity contribution < 1.29 is 38.3 Å². The Hall–Kier alpha value is -3.93. The van der Waals surface area contributed by atoms with Crippen LogP contribution in [0.2, 0.25) is 0 Å². The number of carbonyl (C=O) groups excluding carboxylic acids is 3. The van der Waals surface area contributed by atoms with Crippen molar-refractivity contribution in [2.75, 3.05) is 40.2 Å². The van der Waals surface area contributed by atoms with Crippen LogP contribution < -0.4 is 5.32 Å². The van der Waals surface area contributed by atoms with Crippen molar-refractivity contribution in [2.45, 2.75) is 26.7 Å². The molecule has 1 unspecified atom stereocenters. The van der Waals surface area contributed by atoms with Gasteiger partial charge in [0.1, 0.15) is 6.61 Å². The first-order valence-electron chi connectivity index (χ1n) is 10.9. The number of esters is 2. The van der Waals surface area contributed by atoms with Crippen LogP contribution in [0.5, 0.6) is 0 Å². The van der Waals surface area contributed by atoms with Crippen molar-refractivity contribution in [1.29, 1.82) is 0 Å². The molecule has 0 aromatic heterocycles. The Morgan fingerprint density at radius 3 is 2.46 bits per heavy atom. The summed E-state index contributed by atoms with van der Waals surface area (Å²) in [6.45, 7) is 5.33. The fourth-order valence-corrected chi connectivity index (χ4v) is 3.42. The third-order valence-electron chi connectivity index (χ3n) is 5.06. The summed E-state index contributed by atoms with van der Waals surface area (Å²) in [7, 11) is 1.39. The Morgan fingerprint density at radius 1 is 1.09 bits per heavy atom. The molecule has 1 N–H and O–H groups in total. The molecule has 12 heteroatoms. The third kappa shape index (κ3) is 7.03. The number of ether oxygens (including phenoxy) is 4. The highest BCUT2D eigenvalue weighted by molar-refractivity contribution is 5.99. The highest BCUT2D eigenvalue weighted by Gasteiger charge is 2.39. The predicted octanol–water partition coefficient (Wildman–Crippen LogP) is 2.61. The van der Waals surface area contributed by atoms with Crippen LogP contribution in [-0.2, 0) is 28.5 Å². The monoisotopic (exact) mass is 491 g/mol. The molecular weight excluding hydrogens is 462 g/mol. The van der Waals surface area contributed by atoms with E-state index in [1.165, 1.54) is 36.3 Å². The molecule has 0 fully saturated rings. The molecule has 1 heterocycles. The summed E-state index contributed by atoms with van der Waals surface area (Å²) in [6.07, 6.45) is 0.682. The van der Waals surface area contributed by atoms with E-state index < -0.39 is 28.9 Å². The molecule has 0 aliphatic carbocycles. The third-order valence-corrected chi connectivity index (χ3v) is 5.06. The van der Waals surface area contributed by atoms with Crippen LogP contribution in [0.15, 0.2) is 47.3 Å². The summed E-state index contributed by atoms with van der Waals surface area (Å²) < 4.78 is 20.9. The molecule has 0 spiro atoms. The number of rotatable bonds is 11. The fraction of sp³-hybridized carbons (Fsp3) is 0.435. The average molecular weight is 491 g/mol. The van der Waals surface area contributed by atoms with Crippen molar-refractivity contribution in [2.24, 2.45) is 0 Å². The van der Waals surface area contributed by atoms with Crippen LogP contribution in [-0.4, -0.2) is 68.1 Å². The van der Waals surface area contributed by atoms with Gasteiger partial charge >= 0.3 is 18.0 Å². The second kappa shape index (κ2) is 13.1. The van der Waals surface area contributed by atoms with Crippen molar-refractivity contribution in [1.82, 2.24) is 10.2 Å². The van der Waals surface area contributed by atoms with Crippen LogP contribution >= 0.6 is 0 Å². The summed E-state index contributed by atoms with van der Waals surface area (Å²) in [6, 6.07) is 5.63. The fourth-order valence-electron chi connectivity index (χ4n) is 3.42. The van der Waals surface area contributed by atoms with Crippen molar-refractivity contribution in [3.8, 4) is 0 Å². The van der Waals surface area contributed by atoms with Gasteiger partial charge in [0.05, 0.1) is 35.2 Å². The van der Waals surface area contributed by atoms with Gasteiger partial charge < -0.3 is 29.2 Å². The number of nitrogens with zero attached hydrogens (tertiary/aromatic N) is 2. The maximum absolute atomic E-state index is 13.2. The quantitative estimate of drug-likeness (QED) is 0.161. The molecule has 190 valence electrons. The Morgan fingerprint density at radius 2 is 1.83 bits per heavy atom. The SMILES string of the molecule is CCOCCOC(=O)C1=C(C)N(COC(=O)NC)C=C(C(=O)OCC)C1c1cccc([N+](=O)[O-])c1. The minimum absolute atomic E-state index is 0.0233. The topological polar surface area (TPSA) is 147 Å². The van der Waals surface area contributed by atoms with Crippen molar-refractivity contribution >= 4 is 23.7 Å². The maximum Gasteiger partial charge on any atom is 0.408 e. The van der Waals surface area contributed by atoms with E-state index in [1.54, 1.807) is 26.8 Å². The smallest absolute Gasteiger partial charge is 0.408 e. The summed E-state index contributed by atoms with van der Waals surface area (Å²) >= 11 is 0. The molecular formula is C23H29N3O9. The van der Waals surface area contributed by atoms with Crippen LogP contribution in [0, 0.1) is 10.1 Å². The molecule has 1 amide bonds. The number of nitro groups is 1. The van der Waals surface area contributed by atoms with Gasteiger partial charge in [0.2, 0.25) is 0 Å². The molecule has 1 aromatic carbocycles. The lowest BCUT2D eigenvalue weighted by atomic mass is 9.81. The zero-order valence-corrected chi connectivity index (χ0v) is 20.1. The second-order valence-corrected chi connectivity index (χ2v) is 7.20. The van der Waals surface area contributed by atoms with E-state index in [0.717, 1.165) is 0 Å². The maximum atomic E-state index is 13.2.